The summed E-state index contributed by atoms with van der Waals surface area (Å²) in [5.41, 5.74) is 2.47. The average molecular weight is 280 g/mol. The van der Waals surface area contributed by atoms with Crippen LogP contribution in [-0.2, 0) is 10.1 Å². The SMILES string of the molecule is N#Cc1ccc(CBr)c(C=CCC(=O)O)c1. The van der Waals surface area contributed by atoms with E-state index in [0.717, 1.165) is 11.1 Å². The van der Waals surface area contributed by atoms with Gasteiger partial charge in [-0.1, -0.05) is 34.1 Å². The molecule has 0 aromatic heterocycles. The van der Waals surface area contributed by atoms with Crippen molar-refractivity contribution in [1.82, 2.24) is 0 Å². The van der Waals surface area contributed by atoms with Gasteiger partial charge in [0.2, 0.25) is 0 Å². The zero-order valence-electron chi connectivity index (χ0n) is 8.48. The molecule has 0 aliphatic rings. The number of hydrogen-bond acceptors (Lipinski definition) is 2. The molecule has 1 N–H and O–H groups in total. The normalized spacial score (nSPS) is 10.2. The molecule has 0 bridgehead atoms. The van der Waals surface area contributed by atoms with Crippen LogP contribution in [0.4, 0.5) is 0 Å². The third-order valence-electron chi connectivity index (χ3n) is 2.01. The fourth-order valence-electron chi connectivity index (χ4n) is 1.23. The summed E-state index contributed by atoms with van der Waals surface area (Å²) in [7, 11) is 0. The predicted molar refractivity (Wildman–Crippen MR) is 65.1 cm³/mol. The van der Waals surface area contributed by atoms with Gasteiger partial charge < -0.3 is 5.11 Å². The number of nitrogens with zero attached hydrogens (tertiary/aromatic N) is 1. The highest BCUT2D eigenvalue weighted by Crippen LogP contribution is 2.16. The lowest BCUT2D eigenvalue weighted by molar-refractivity contribution is -0.135. The first-order valence-electron chi connectivity index (χ1n) is 4.64. The summed E-state index contributed by atoms with van der Waals surface area (Å²) in [6, 6.07) is 7.39. The number of hydrogen-bond donors (Lipinski definition) is 1. The molecule has 0 saturated heterocycles. The second-order valence-electron chi connectivity index (χ2n) is 3.16. The molecule has 1 aromatic rings. The van der Waals surface area contributed by atoms with Crippen molar-refractivity contribution in [2.45, 2.75) is 11.8 Å². The van der Waals surface area contributed by atoms with Gasteiger partial charge in [0.15, 0.2) is 0 Å². The van der Waals surface area contributed by atoms with E-state index in [-0.39, 0.29) is 6.42 Å². The summed E-state index contributed by atoms with van der Waals surface area (Å²) in [6.45, 7) is 0. The van der Waals surface area contributed by atoms with E-state index in [9.17, 15) is 4.79 Å². The molecule has 4 heteroatoms. The van der Waals surface area contributed by atoms with Crippen LogP contribution in [0.15, 0.2) is 24.3 Å². The summed E-state index contributed by atoms with van der Waals surface area (Å²) < 4.78 is 0. The quantitative estimate of drug-likeness (QED) is 0.862. The Balaban J connectivity index is 2.96. The zero-order valence-corrected chi connectivity index (χ0v) is 10.1. The molecule has 3 nitrogen and oxygen atoms in total. The van der Waals surface area contributed by atoms with Crippen molar-refractivity contribution in [3.63, 3.8) is 0 Å². The second-order valence-corrected chi connectivity index (χ2v) is 3.72. The van der Waals surface area contributed by atoms with Crippen LogP contribution < -0.4 is 0 Å². The summed E-state index contributed by atoms with van der Waals surface area (Å²) in [5, 5.41) is 17.9. The molecule has 0 spiro atoms. The number of nitriles is 1. The number of carboxylic acid groups (broad SMARTS) is 1. The third kappa shape index (κ3) is 3.52. The Bertz CT molecular complexity index is 461. The molecule has 0 heterocycles. The fraction of sp³-hybridized carbons (Fsp3) is 0.167. The van der Waals surface area contributed by atoms with Gasteiger partial charge in [0.25, 0.3) is 0 Å². The van der Waals surface area contributed by atoms with Gasteiger partial charge in [-0.2, -0.15) is 5.26 Å². The van der Waals surface area contributed by atoms with Crippen LogP contribution in [0.2, 0.25) is 0 Å². The number of carboxylic acids is 1. The van der Waals surface area contributed by atoms with Gasteiger partial charge in [-0.25, -0.2) is 0 Å². The molecule has 0 unspecified atom stereocenters. The van der Waals surface area contributed by atoms with Crippen molar-refractivity contribution in [1.29, 1.82) is 5.26 Å². The smallest absolute Gasteiger partial charge is 0.307 e. The van der Waals surface area contributed by atoms with E-state index < -0.39 is 5.97 Å². The summed E-state index contributed by atoms with van der Waals surface area (Å²) in [4.78, 5) is 10.4. The van der Waals surface area contributed by atoms with E-state index in [4.69, 9.17) is 10.4 Å². The summed E-state index contributed by atoms with van der Waals surface area (Å²) in [5.74, 6) is -0.868. The number of halogens is 1. The van der Waals surface area contributed by atoms with E-state index in [1.807, 2.05) is 6.07 Å². The van der Waals surface area contributed by atoms with Crippen molar-refractivity contribution in [3.8, 4) is 6.07 Å². The van der Waals surface area contributed by atoms with E-state index in [0.29, 0.717) is 10.9 Å². The third-order valence-corrected chi connectivity index (χ3v) is 2.61. The molecule has 0 radical (unpaired) electrons. The van der Waals surface area contributed by atoms with Gasteiger partial charge in [-0.3, -0.25) is 4.79 Å². The molecule has 0 aliphatic carbocycles. The lowest BCUT2D eigenvalue weighted by atomic mass is 10.0. The molecule has 1 rings (SSSR count). The van der Waals surface area contributed by atoms with Crippen molar-refractivity contribution < 1.29 is 9.90 Å². The number of carbonyl (C=O) groups is 1. The van der Waals surface area contributed by atoms with Crippen LogP contribution in [0, 0.1) is 11.3 Å². The lowest BCUT2D eigenvalue weighted by Gasteiger charge is -2.02. The number of alkyl halides is 1. The Hall–Kier alpha value is -1.60. The second kappa shape index (κ2) is 6.09. The molecule has 82 valence electrons. The van der Waals surface area contributed by atoms with E-state index in [2.05, 4.69) is 22.0 Å². The predicted octanol–water partition coefficient (Wildman–Crippen LogP) is 2.94. The Morgan fingerprint density at radius 1 is 1.56 bits per heavy atom. The van der Waals surface area contributed by atoms with E-state index in [1.54, 1.807) is 24.3 Å². The molecule has 0 amide bonds. The molecule has 1 aromatic carbocycles. The van der Waals surface area contributed by atoms with Gasteiger partial charge in [0.05, 0.1) is 18.1 Å². The van der Waals surface area contributed by atoms with Crippen molar-refractivity contribution in [2.24, 2.45) is 0 Å². The Morgan fingerprint density at radius 3 is 2.88 bits per heavy atom. The Kier molecular flexibility index (Phi) is 4.74. The monoisotopic (exact) mass is 279 g/mol. The maximum Gasteiger partial charge on any atom is 0.307 e. The molecule has 0 atom stereocenters. The molecular weight excluding hydrogens is 270 g/mol. The minimum Gasteiger partial charge on any atom is -0.481 e. The topological polar surface area (TPSA) is 61.1 Å². The molecule has 0 fully saturated rings. The first-order chi connectivity index (χ1) is 7.67. The van der Waals surface area contributed by atoms with Gasteiger partial charge in [-0.05, 0) is 23.3 Å². The maximum atomic E-state index is 10.4. The maximum absolute atomic E-state index is 10.4. The first-order valence-corrected chi connectivity index (χ1v) is 5.77. The lowest BCUT2D eigenvalue weighted by Crippen LogP contribution is -1.91. The molecule has 0 saturated carbocycles. The average Bonchev–Trinajstić information content (AvgIpc) is 2.28. The number of benzene rings is 1. The van der Waals surface area contributed by atoms with Crippen LogP contribution in [0.1, 0.15) is 23.1 Å². The van der Waals surface area contributed by atoms with Crippen LogP contribution in [0.3, 0.4) is 0 Å². The highest BCUT2D eigenvalue weighted by atomic mass is 79.9. The first kappa shape index (κ1) is 12.5. The standard InChI is InChI=1S/C12H10BrNO2/c13-7-11-5-4-9(8-14)6-10(11)2-1-3-12(15)16/h1-2,4-6H,3,7H2,(H,15,16). The number of rotatable bonds is 4. The van der Waals surface area contributed by atoms with Crippen LogP contribution >= 0.6 is 15.9 Å². The van der Waals surface area contributed by atoms with Gasteiger partial charge >= 0.3 is 5.97 Å². The number of aliphatic carboxylic acids is 1. The van der Waals surface area contributed by atoms with E-state index in [1.165, 1.54) is 0 Å². The highest BCUT2D eigenvalue weighted by molar-refractivity contribution is 9.08. The zero-order chi connectivity index (χ0) is 12.0. The van der Waals surface area contributed by atoms with Crippen LogP contribution in [0.5, 0.6) is 0 Å². The van der Waals surface area contributed by atoms with Gasteiger partial charge in [0.1, 0.15) is 0 Å². The largest absolute Gasteiger partial charge is 0.481 e. The fourth-order valence-corrected chi connectivity index (χ4v) is 1.74. The van der Waals surface area contributed by atoms with Gasteiger partial charge in [0, 0.05) is 5.33 Å². The minimum absolute atomic E-state index is 0.0154. The van der Waals surface area contributed by atoms with E-state index >= 15 is 0 Å². The highest BCUT2D eigenvalue weighted by Gasteiger charge is 2.00. The minimum atomic E-state index is -0.868. The van der Waals surface area contributed by atoms with Crippen LogP contribution in [-0.4, -0.2) is 11.1 Å². The Morgan fingerprint density at radius 2 is 2.31 bits per heavy atom. The van der Waals surface area contributed by atoms with Crippen molar-refractivity contribution in [3.05, 3.63) is 41.0 Å². The van der Waals surface area contributed by atoms with Gasteiger partial charge in [-0.15, -0.1) is 0 Å². The Labute approximate surface area is 102 Å². The van der Waals surface area contributed by atoms with Crippen LogP contribution in [0.25, 0.3) is 6.08 Å². The van der Waals surface area contributed by atoms with Crippen molar-refractivity contribution in [2.75, 3.05) is 0 Å². The molecule has 16 heavy (non-hydrogen) atoms. The summed E-state index contributed by atoms with van der Waals surface area (Å²) >= 11 is 3.34. The molecular formula is C12H10BrNO2. The van der Waals surface area contributed by atoms with Crippen molar-refractivity contribution >= 4 is 28.0 Å². The summed E-state index contributed by atoms with van der Waals surface area (Å²) in [6.07, 6.45) is 3.29. The molecule has 0 aliphatic heterocycles.